The van der Waals surface area contributed by atoms with E-state index in [0.717, 1.165) is 6.26 Å². The van der Waals surface area contributed by atoms with Crippen molar-refractivity contribution < 1.29 is 65.1 Å². The van der Waals surface area contributed by atoms with Gasteiger partial charge in [0.25, 0.3) is 0 Å². The van der Waals surface area contributed by atoms with E-state index >= 15 is 0 Å². The fraction of sp³-hybridized carbons (Fsp3) is 0. The van der Waals surface area contributed by atoms with Gasteiger partial charge in [-0.2, -0.15) is 0 Å². The van der Waals surface area contributed by atoms with Gasteiger partial charge in [-0.15, -0.1) is 0 Å². The molecule has 3 nitrogen and oxygen atoms in total. The summed E-state index contributed by atoms with van der Waals surface area (Å²) in [4.78, 5) is 9.38. The van der Waals surface area contributed by atoms with Crippen molar-refractivity contribution in [2.45, 2.75) is 0 Å². The second-order valence-corrected chi connectivity index (χ2v) is 1.27. The molecule has 0 aromatic carbocycles. The molecule has 0 aliphatic heterocycles. The van der Waals surface area contributed by atoms with Crippen molar-refractivity contribution in [2.75, 3.05) is 0 Å². The van der Waals surface area contributed by atoms with Crippen molar-refractivity contribution in [3.63, 3.8) is 0 Å². The Labute approximate surface area is 85.7 Å². The van der Waals surface area contributed by atoms with Crippen LogP contribution in [0, 0.1) is 0 Å². The van der Waals surface area contributed by atoms with Crippen molar-refractivity contribution in [2.24, 2.45) is 0 Å². The summed E-state index contributed by atoms with van der Waals surface area (Å²) < 4.78 is 13.2. The minimum atomic E-state index is -3.00. The third-order valence-corrected chi connectivity index (χ3v) is 0.539. The first-order valence-corrected chi connectivity index (χ1v) is 2.48. The maximum atomic E-state index is 9.38. The molecule has 0 heterocycles. The van der Waals surface area contributed by atoms with Crippen LogP contribution in [0.25, 0.3) is 0 Å². The Morgan fingerprint density at radius 2 is 2.29 bits per heavy atom. The second-order valence-electron chi connectivity index (χ2n) is 0.535. The Morgan fingerprint density at radius 1 is 1.86 bits per heavy atom. The third kappa shape index (κ3) is 10.9. The van der Waals surface area contributed by atoms with E-state index in [1.54, 1.807) is 0 Å². The van der Waals surface area contributed by atoms with Gasteiger partial charge >= 0.3 is 60.6 Å². The molecule has 0 aromatic heterocycles. The Kier molecular flexibility index (Phi) is 10.9. The number of rotatable bonds is 2. The molecule has 34 valence electrons. The Bertz CT molecular complexity index is 73.3. The summed E-state index contributed by atoms with van der Waals surface area (Å²) in [6.07, 6.45) is 0.869. The Morgan fingerprint density at radius 3 is 2.29 bits per heavy atom. The first-order chi connectivity index (χ1) is 2.77. The van der Waals surface area contributed by atoms with Crippen molar-refractivity contribution in [1.29, 1.82) is 0 Å². The zero-order valence-electron chi connectivity index (χ0n) is 4.01. The van der Waals surface area contributed by atoms with Crippen LogP contribution in [0.3, 0.4) is 0 Å². The minimum Gasteiger partial charge on any atom is -0.562 e. The molecule has 0 amide bonds. The quantitative estimate of drug-likeness (QED) is 0.291. The Hall–Kier alpha value is 0.993. The molecule has 0 bridgehead atoms. The van der Waals surface area contributed by atoms with Gasteiger partial charge < -0.3 is 13.7 Å². The molecule has 0 fully saturated rings. The molecule has 0 atom stereocenters. The van der Waals surface area contributed by atoms with Crippen LogP contribution in [0.5, 0.6) is 0 Å². The van der Waals surface area contributed by atoms with E-state index in [1.807, 2.05) is 0 Å². The molecule has 0 spiro atoms. The van der Waals surface area contributed by atoms with Gasteiger partial charge in [0.1, 0.15) is 0 Å². The van der Waals surface area contributed by atoms with Gasteiger partial charge in [0.05, 0.1) is 0 Å². The van der Waals surface area contributed by atoms with Crippen molar-refractivity contribution >= 4 is 9.17 Å². The van der Waals surface area contributed by atoms with Crippen molar-refractivity contribution in [3.8, 4) is 0 Å². The van der Waals surface area contributed by atoms with E-state index in [0.29, 0.717) is 0 Å². The molecule has 5 heteroatoms. The summed E-state index contributed by atoms with van der Waals surface area (Å²) in [7, 11) is -3.00. The number of hydrogen-bond donors (Lipinski definition) is 0. The van der Waals surface area contributed by atoms with Crippen molar-refractivity contribution in [1.82, 2.24) is 0 Å². The molecule has 0 unspecified atom stereocenters. The third-order valence-electron chi connectivity index (χ3n) is 0.180. The maximum absolute atomic E-state index is 9.38. The van der Waals surface area contributed by atoms with Crippen LogP contribution in [0.2, 0.25) is 0 Å². The fourth-order valence-corrected chi connectivity index (χ4v) is 0.204. The van der Waals surface area contributed by atoms with Gasteiger partial charge in [-0.05, 0) is 6.26 Å². The normalized spacial score (nSPS) is 5.71. The average molecular weight is 142 g/mol. The fourth-order valence-electron chi connectivity index (χ4n) is 0.0680. The summed E-state index contributed by atoms with van der Waals surface area (Å²) in [5.74, 6) is 0. The molecule has 7 heavy (non-hydrogen) atoms. The van der Waals surface area contributed by atoms with Gasteiger partial charge in [0.2, 0.25) is 0 Å². The van der Waals surface area contributed by atoms with Crippen molar-refractivity contribution in [3.05, 3.63) is 12.8 Å². The molecule has 0 aliphatic rings. The van der Waals surface area contributed by atoms with E-state index < -0.39 is 9.17 Å². The van der Waals surface area contributed by atoms with Gasteiger partial charge in [0, 0.05) is 0 Å². The average Bonchev–Trinajstić information content (AvgIpc) is 1.35. The topological polar surface area (TPSA) is 49.4 Å². The molecule has 0 saturated heterocycles. The van der Waals surface area contributed by atoms with E-state index in [-0.39, 0.29) is 51.4 Å². The summed E-state index contributed by atoms with van der Waals surface area (Å²) in [6.45, 7) is 3.00. The summed E-state index contributed by atoms with van der Waals surface area (Å²) in [5, 5.41) is 0. The van der Waals surface area contributed by atoms with Crippen LogP contribution < -0.4 is 56.2 Å². The molecular formula is C2H3KO3Si. The van der Waals surface area contributed by atoms with Crippen LogP contribution in [0.15, 0.2) is 12.8 Å². The molecule has 0 N–H and O–H groups in total. The van der Waals surface area contributed by atoms with E-state index in [9.17, 15) is 9.26 Å². The molecule has 0 aliphatic carbocycles. The van der Waals surface area contributed by atoms with E-state index in [2.05, 4.69) is 11.0 Å². The van der Waals surface area contributed by atoms with Gasteiger partial charge in [-0.1, -0.05) is 6.58 Å². The largest absolute Gasteiger partial charge is 1.00 e. The van der Waals surface area contributed by atoms with E-state index in [4.69, 9.17) is 0 Å². The first-order valence-electron chi connectivity index (χ1n) is 1.26. The molecule has 0 rings (SSSR count). The first kappa shape index (κ1) is 10.9. The SMILES string of the molecule is C=CO[Si](=O)[O-].[K+]. The van der Waals surface area contributed by atoms with Crippen LogP contribution in [0.1, 0.15) is 0 Å². The molecule has 0 saturated carbocycles. The van der Waals surface area contributed by atoms with Gasteiger partial charge in [-0.3, -0.25) is 0 Å². The monoisotopic (exact) mass is 142 g/mol. The summed E-state index contributed by atoms with van der Waals surface area (Å²) in [5.41, 5.74) is 0. The predicted octanol–water partition coefficient (Wildman–Crippen LogP) is -4.07. The second kappa shape index (κ2) is 6.99. The Balaban J connectivity index is 0. The maximum Gasteiger partial charge on any atom is 1.00 e. The standard InChI is InChI=1S/C2H3O3Si.K/c1-2-5-6(3)4;/h2H,1H2;/q-1;+1. The summed E-state index contributed by atoms with van der Waals surface area (Å²) >= 11 is 0. The smallest absolute Gasteiger partial charge is 0.562 e. The zero-order chi connectivity index (χ0) is 4.99. The summed E-state index contributed by atoms with van der Waals surface area (Å²) in [6, 6.07) is 0. The minimum absolute atomic E-state index is 0. The molecule has 0 aromatic rings. The van der Waals surface area contributed by atoms with Crippen LogP contribution in [-0.4, -0.2) is 9.17 Å². The van der Waals surface area contributed by atoms with Crippen LogP contribution >= 0.6 is 0 Å². The predicted molar refractivity (Wildman–Crippen MR) is 17.7 cm³/mol. The molecular weight excluding hydrogens is 139 g/mol. The van der Waals surface area contributed by atoms with Crippen LogP contribution in [-0.2, 0) is 8.89 Å². The van der Waals surface area contributed by atoms with Gasteiger partial charge in [-0.25, -0.2) is 0 Å². The molecule has 0 radical (unpaired) electrons. The van der Waals surface area contributed by atoms with Crippen LogP contribution in [0.4, 0.5) is 0 Å². The zero-order valence-corrected chi connectivity index (χ0v) is 8.13. The number of hydrogen-bond acceptors (Lipinski definition) is 3. The van der Waals surface area contributed by atoms with E-state index in [1.165, 1.54) is 0 Å². The van der Waals surface area contributed by atoms with Gasteiger partial charge in [0.15, 0.2) is 0 Å².